The van der Waals surface area contributed by atoms with Gasteiger partial charge in [0, 0.05) is 11.3 Å². The fourth-order valence-corrected chi connectivity index (χ4v) is 2.69. The molecule has 0 N–H and O–H groups in total. The van der Waals surface area contributed by atoms with E-state index >= 15 is 0 Å². The van der Waals surface area contributed by atoms with Gasteiger partial charge in [-0.05, 0) is 12.8 Å². The Bertz CT molecular complexity index is 172. The molecular weight excluding hydrogens is 278 g/mol. The minimum Gasteiger partial charge on any atom is -0.264 e. The molecule has 0 heterocycles. The number of hydrogen-bond donors (Lipinski definition) is 0. The molecule has 1 atom stereocenters. The molecule has 0 spiro atoms. The van der Waals surface area contributed by atoms with E-state index in [-0.39, 0.29) is 4.92 Å². The third-order valence-corrected chi connectivity index (χ3v) is 3.83. The van der Waals surface area contributed by atoms with Crippen LogP contribution in [0.25, 0.3) is 0 Å². The summed E-state index contributed by atoms with van der Waals surface area (Å²) in [6, 6.07) is -0.476. The molecule has 1 saturated carbocycles. The second-order valence-electron chi connectivity index (χ2n) is 2.81. The Labute approximate surface area is 81.9 Å². The summed E-state index contributed by atoms with van der Waals surface area (Å²) in [5.74, 6) is 0. The zero-order chi connectivity index (χ0) is 8.48. The third-order valence-electron chi connectivity index (χ3n) is 1.98. The van der Waals surface area contributed by atoms with E-state index in [9.17, 15) is 10.1 Å². The maximum absolute atomic E-state index is 10.5. The van der Waals surface area contributed by atoms with Crippen LogP contribution in [0.1, 0.15) is 25.7 Å². The van der Waals surface area contributed by atoms with E-state index in [0.717, 1.165) is 19.3 Å². The summed E-state index contributed by atoms with van der Waals surface area (Å²) >= 11 is 6.67. The van der Waals surface area contributed by atoms with Crippen LogP contribution in [0.15, 0.2) is 0 Å². The van der Waals surface area contributed by atoms with E-state index in [4.69, 9.17) is 0 Å². The molecule has 1 fully saturated rings. The van der Waals surface area contributed by atoms with Crippen molar-refractivity contribution in [2.24, 2.45) is 0 Å². The highest BCUT2D eigenvalue weighted by atomic mass is 79.9. The number of alkyl halides is 2. The summed E-state index contributed by atoms with van der Waals surface area (Å²) in [4.78, 5) is 10.3. The smallest absolute Gasteiger partial charge is 0.237 e. The van der Waals surface area contributed by atoms with Gasteiger partial charge in [0.25, 0.3) is 0 Å². The minimum atomic E-state index is -0.476. The van der Waals surface area contributed by atoms with E-state index in [2.05, 4.69) is 31.9 Å². The Hall–Kier alpha value is 0.360. The fraction of sp³-hybridized carbons (Fsp3) is 1.00. The molecule has 5 heteroatoms. The Morgan fingerprint density at radius 2 is 2.09 bits per heavy atom. The number of nitrogens with zero attached hydrogens (tertiary/aromatic N) is 1. The van der Waals surface area contributed by atoms with Crippen LogP contribution in [0.5, 0.6) is 0 Å². The lowest BCUT2D eigenvalue weighted by Gasteiger charge is -2.28. The highest BCUT2D eigenvalue weighted by Crippen LogP contribution is 2.42. The maximum Gasteiger partial charge on any atom is 0.237 e. The van der Waals surface area contributed by atoms with Crippen molar-refractivity contribution in [3.63, 3.8) is 0 Å². The van der Waals surface area contributed by atoms with Crippen LogP contribution in [0, 0.1) is 10.1 Å². The molecule has 0 amide bonds. The van der Waals surface area contributed by atoms with Crippen molar-refractivity contribution < 1.29 is 4.92 Å². The second kappa shape index (κ2) is 3.39. The molecule has 1 rings (SSSR count). The van der Waals surface area contributed by atoms with Crippen molar-refractivity contribution in [1.29, 1.82) is 0 Å². The summed E-state index contributed by atoms with van der Waals surface area (Å²) in [6.45, 7) is 0. The molecule has 1 aliphatic rings. The zero-order valence-electron chi connectivity index (χ0n) is 5.93. The van der Waals surface area contributed by atoms with E-state index < -0.39 is 9.28 Å². The monoisotopic (exact) mass is 285 g/mol. The van der Waals surface area contributed by atoms with E-state index in [0.29, 0.717) is 6.42 Å². The lowest BCUT2D eigenvalue weighted by Crippen LogP contribution is -2.39. The van der Waals surface area contributed by atoms with Gasteiger partial charge >= 0.3 is 0 Å². The van der Waals surface area contributed by atoms with Crippen molar-refractivity contribution in [3.8, 4) is 0 Å². The SMILES string of the molecule is O=[N+]([O-])C1CCCCC1(Br)Br. The first-order valence-corrected chi connectivity index (χ1v) is 5.14. The highest BCUT2D eigenvalue weighted by Gasteiger charge is 2.44. The Morgan fingerprint density at radius 1 is 1.45 bits per heavy atom. The van der Waals surface area contributed by atoms with E-state index in [1.807, 2.05) is 0 Å². The Balaban J connectivity index is 2.67. The van der Waals surface area contributed by atoms with E-state index in [1.165, 1.54) is 0 Å². The molecule has 11 heavy (non-hydrogen) atoms. The van der Waals surface area contributed by atoms with Crippen LogP contribution in [0.4, 0.5) is 0 Å². The van der Waals surface area contributed by atoms with Crippen molar-refractivity contribution >= 4 is 31.9 Å². The van der Waals surface area contributed by atoms with Crippen LogP contribution < -0.4 is 0 Å². The highest BCUT2D eigenvalue weighted by molar-refractivity contribution is 9.25. The van der Waals surface area contributed by atoms with Gasteiger partial charge in [-0.15, -0.1) is 0 Å². The van der Waals surface area contributed by atoms with Gasteiger partial charge in [0.05, 0.1) is 0 Å². The quantitative estimate of drug-likeness (QED) is 0.423. The molecule has 0 aliphatic heterocycles. The predicted molar refractivity (Wildman–Crippen MR) is 49.8 cm³/mol. The zero-order valence-corrected chi connectivity index (χ0v) is 9.10. The first-order valence-electron chi connectivity index (χ1n) is 3.55. The van der Waals surface area contributed by atoms with Crippen molar-refractivity contribution in [2.45, 2.75) is 35.0 Å². The van der Waals surface area contributed by atoms with Crippen molar-refractivity contribution in [2.75, 3.05) is 0 Å². The molecule has 64 valence electrons. The van der Waals surface area contributed by atoms with E-state index in [1.54, 1.807) is 0 Å². The van der Waals surface area contributed by atoms with Crippen LogP contribution in [0.2, 0.25) is 0 Å². The van der Waals surface area contributed by atoms with Gasteiger partial charge in [0.1, 0.15) is 3.23 Å². The topological polar surface area (TPSA) is 43.1 Å². The van der Waals surface area contributed by atoms with Gasteiger partial charge in [-0.25, -0.2) is 0 Å². The first-order chi connectivity index (χ1) is 5.04. The van der Waals surface area contributed by atoms with Crippen LogP contribution in [-0.4, -0.2) is 14.2 Å². The fourth-order valence-electron chi connectivity index (χ4n) is 1.34. The molecule has 3 nitrogen and oxygen atoms in total. The number of nitro groups is 1. The van der Waals surface area contributed by atoms with Crippen LogP contribution in [0.3, 0.4) is 0 Å². The van der Waals surface area contributed by atoms with Gasteiger partial charge in [-0.3, -0.25) is 10.1 Å². The Kier molecular flexibility index (Phi) is 2.91. The standard InChI is InChI=1S/C6H9Br2NO2/c7-6(8)4-2-1-3-5(6)9(10)11/h5H,1-4H2. The average Bonchev–Trinajstić information content (AvgIpc) is 1.85. The number of rotatable bonds is 1. The number of hydrogen-bond acceptors (Lipinski definition) is 2. The minimum absolute atomic E-state index is 0.206. The summed E-state index contributed by atoms with van der Waals surface area (Å²) in [5, 5.41) is 10.5. The summed E-state index contributed by atoms with van der Waals surface area (Å²) < 4.78 is -0.457. The normalized spacial score (nSPS) is 29.8. The second-order valence-corrected chi connectivity index (χ2v) is 6.70. The van der Waals surface area contributed by atoms with Gasteiger partial charge in [-0.2, -0.15) is 0 Å². The summed E-state index contributed by atoms with van der Waals surface area (Å²) in [5.41, 5.74) is 0. The average molecular weight is 287 g/mol. The molecule has 1 aliphatic carbocycles. The molecule has 0 aromatic heterocycles. The predicted octanol–water partition coefficient (Wildman–Crippen LogP) is 2.69. The lowest BCUT2D eigenvalue weighted by molar-refractivity contribution is -0.526. The molecule has 0 aromatic rings. The van der Waals surface area contributed by atoms with Gasteiger partial charge in [0.2, 0.25) is 6.04 Å². The molecule has 0 aromatic carbocycles. The summed E-state index contributed by atoms with van der Waals surface area (Å²) in [7, 11) is 0. The lowest BCUT2D eigenvalue weighted by atomic mass is 9.96. The summed E-state index contributed by atoms with van der Waals surface area (Å²) in [6.07, 6.45) is 3.52. The molecule has 1 unspecified atom stereocenters. The van der Waals surface area contributed by atoms with Gasteiger partial charge in [-0.1, -0.05) is 38.3 Å². The Morgan fingerprint density at radius 3 is 2.45 bits per heavy atom. The molecule has 0 saturated heterocycles. The molecule has 0 bridgehead atoms. The van der Waals surface area contributed by atoms with Crippen LogP contribution >= 0.6 is 31.9 Å². The van der Waals surface area contributed by atoms with Crippen LogP contribution in [-0.2, 0) is 0 Å². The van der Waals surface area contributed by atoms with Gasteiger partial charge in [0.15, 0.2) is 0 Å². The van der Waals surface area contributed by atoms with Crippen molar-refractivity contribution in [3.05, 3.63) is 10.1 Å². The maximum atomic E-state index is 10.5. The third kappa shape index (κ3) is 2.15. The molecular formula is C6H9Br2NO2. The van der Waals surface area contributed by atoms with Crippen molar-refractivity contribution in [1.82, 2.24) is 0 Å². The first kappa shape index (κ1) is 9.45. The largest absolute Gasteiger partial charge is 0.264 e. The van der Waals surface area contributed by atoms with Gasteiger partial charge < -0.3 is 0 Å². The molecule has 0 radical (unpaired) electrons. The number of halogens is 2.